The van der Waals surface area contributed by atoms with Gasteiger partial charge in [0.25, 0.3) is 0 Å². The summed E-state index contributed by atoms with van der Waals surface area (Å²) in [5, 5.41) is 7.59. The predicted molar refractivity (Wildman–Crippen MR) is 58.6 cm³/mol. The van der Waals surface area contributed by atoms with E-state index in [1.165, 1.54) is 0 Å². The van der Waals surface area contributed by atoms with Crippen molar-refractivity contribution in [3.8, 4) is 0 Å². The van der Waals surface area contributed by atoms with Gasteiger partial charge >= 0.3 is 0 Å². The molecule has 1 rings (SSSR count). The molecule has 0 spiro atoms. The van der Waals surface area contributed by atoms with Crippen molar-refractivity contribution in [2.75, 3.05) is 20.3 Å². The van der Waals surface area contributed by atoms with Gasteiger partial charge in [-0.3, -0.25) is 0 Å². The molecule has 1 N–H and O–H groups in total. The van der Waals surface area contributed by atoms with Crippen LogP contribution in [0.2, 0.25) is 0 Å². The van der Waals surface area contributed by atoms with E-state index in [0.29, 0.717) is 6.04 Å². The Kier molecular flexibility index (Phi) is 5.28. The van der Waals surface area contributed by atoms with E-state index >= 15 is 0 Å². The fourth-order valence-electron chi connectivity index (χ4n) is 1.26. The molecule has 1 aromatic rings. The topological polar surface area (TPSA) is 52.0 Å². The summed E-state index contributed by atoms with van der Waals surface area (Å²) in [5.41, 5.74) is 0. The van der Waals surface area contributed by atoms with Gasteiger partial charge in [-0.2, -0.15) is 5.10 Å². The van der Waals surface area contributed by atoms with Crippen molar-refractivity contribution in [2.24, 2.45) is 0 Å². The smallest absolute Gasteiger partial charge is 0.164 e. The number of methoxy groups -OCH3 is 1. The van der Waals surface area contributed by atoms with Crippen LogP contribution < -0.4 is 5.32 Å². The number of nitrogens with zero attached hydrogens (tertiary/aromatic N) is 3. The summed E-state index contributed by atoms with van der Waals surface area (Å²) in [4.78, 5) is 4.23. The number of hydrogen-bond acceptors (Lipinski definition) is 4. The van der Waals surface area contributed by atoms with Crippen LogP contribution in [0.3, 0.4) is 0 Å². The van der Waals surface area contributed by atoms with Gasteiger partial charge in [-0.15, -0.1) is 0 Å². The molecule has 0 aliphatic carbocycles. The first-order valence-corrected chi connectivity index (χ1v) is 5.37. The summed E-state index contributed by atoms with van der Waals surface area (Å²) >= 11 is 0. The van der Waals surface area contributed by atoms with Crippen LogP contribution in [0.5, 0.6) is 0 Å². The zero-order chi connectivity index (χ0) is 11.1. The highest BCUT2D eigenvalue weighted by Gasteiger charge is 2.07. The summed E-state index contributed by atoms with van der Waals surface area (Å²) in [6, 6.07) is 0.341. The minimum atomic E-state index is 0.341. The van der Waals surface area contributed by atoms with E-state index in [1.807, 2.05) is 4.68 Å². The number of rotatable bonds is 7. The molecule has 5 heteroatoms. The van der Waals surface area contributed by atoms with Crippen molar-refractivity contribution in [1.29, 1.82) is 0 Å². The third kappa shape index (κ3) is 3.97. The normalized spacial score (nSPS) is 13.0. The fraction of sp³-hybridized carbons (Fsp3) is 0.800. The molecule has 0 radical (unpaired) electrons. The van der Waals surface area contributed by atoms with Crippen LogP contribution in [0.4, 0.5) is 0 Å². The second-order valence-corrected chi connectivity index (χ2v) is 3.55. The van der Waals surface area contributed by atoms with Crippen molar-refractivity contribution >= 4 is 0 Å². The lowest BCUT2D eigenvalue weighted by Crippen LogP contribution is -2.14. The van der Waals surface area contributed by atoms with E-state index in [1.54, 1.807) is 13.4 Å². The van der Waals surface area contributed by atoms with Crippen LogP contribution in [-0.2, 0) is 11.3 Å². The summed E-state index contributed by atoms with van der Waals surface area (Å²) in [5.74, 6) is 0.848. The number of ether oxygens (including phenoxy) is 1. The molecule has 1 aromatic heterocycles. The van der Waals surface area contributed by atoms with Crippen LogP contribution >= 0.6 is 0 Å². The van der Waals surface area contributed by atoms with Gasteiger partial charge in [0.2, 0.25) is 0 Å². The molecule has 0 saturated heterocycles. The molecule has 0 amide bonds. The Labute approximate surface area is 90.8 Å². The van der Waals surface area contributed by atoms with Gasteiger partial charge in [-0.25, -0.2) is 9.67 Å². The standard InChI is InChI=1S/C10H20N4O/c1-4-11-7-10-12-8-14(13-10)9(2)5-6-15-3/h8-9,11H,4-7H2,1-3H3. The molecule has 86 valence electrons. The SMILES string of the molecule is CCNCc1ncn(C(C)CCOC)n1. The maximum atomic E-state index is 5.03. The van der Waals surface area contributed by atoms with E-state index in [2.05, 4.69) is 29.2 Å². The lowest BCUT2D eigenvalue weighted by atomic mass is 10.2. The summed E-state index contributed by atoms with van der Waals surface area (Å²) < 4.78 is 6.93. The first-order valence-electron chi connectivity index (χ1n) is 5.37. The Morgan fingerprint density at radius 2 is 2.40 bits per heavy atom. The molecule has 15 heavy (non-hydrogen) atoms. The molecule has 0 saturated carbocycles. The molecular formula is C10H20N4O. The quantitative estimate of drug-likeness (QED) is 0.732. The third-order valence-corrected chi connectivity index (χ3v) is 2.28. The van der Waals surface area contributed by atoms with Crippen LogP contribution in [0.25, 0.3) is 0 Å². The Morgan fingerprint density at radius 1 is 1.60 bits per heavy atom. The number of aromatic nitrogens is 3. The average molecular weight is 212 g/mol. The van der Waals surface area contributed by atoms with E-state index in [-0.39, 0.29) is 0 Å². The summed E-state index contributed by atoms with van der Waals surface area (Å²) in [6.07, 6.45) is 2.74. The van der Waals surface area contributed by atoms with Gasteiger partial charge in [-0.1, -0.05) is 6.92 Å². The molecule has 1 atom stereocenters. The van der Waals surface area contributed by atoms with Crippen LogP contribution in [-0.4, -0.2) is 35.0 Å². The lowest BCUT2D eigenvalue weighted by molar-refractivity contribution is 0.178. The molecule has 1 heterocycles. The van der Waals surface area contributed by atoms with Gasteiger partial charge in [0, 0.05) is 13.7 Å². The monoisotopic (exact) mass is 212 g/mol. The van der Waals surface area contributed by atoms with Gasteiger partial charge in [0.1, 0.15) is 6.33 Å². The first-order chi connectivity index (χ1) is 7.27. The van der Waals surface area contributed by atoms with E-state index in [9.17, 15) is 0 Å². The Morgan fingerprint density at radius 3 is 3.07 bits per heavy atom. The maximum absolute atomic E-state index is 5.03. The van der Waals surface area contributed by atoms with E-state index in [0.717, 1.165) is 31.9 Å². The third-order valence-electron chi connectivity index (χ3n) is 2.28. The molecular weight excluding hydrogens is 192 g/mol. The molecule has 0 aliphatic heterocycles. The van der Waals surface area contributed by atoms with Gasteiger partial charge in [0.15, 0.2) is 5.82 Å². The molecule has 0 aliphatic rings. The van der Waals surface area contributed by atoms with Crippen molar-refractivity contribution in [2.45, 2.75) is 32.9 Å². The first kappa shape index (κ1) is 12.1. The van der Waals surface area contributed by atoms with Gasteiger partial charge in [0.05, 0.1) is 12.6 Å². The molecule has 1 unspecified atom stereocenters. The highest BCUT2D eigenvalue weighted by molar-refractivity contribution is 4.82. The largest absolute Gasteiger partial charge is 0.385 e. The molecule has 5 nitrogen and oxygen atoms in total. The Bertz CT molecular complexity index is 274. The van der Waals surface area contributed by atoms with Crippen molar-refractivity contribution < 1.29 is 4.74 Å². The Balaban J connectivity index is 2.43. The molecule has 0 bridgehead atoms. The predicted octanol–water partition coefficient (Wildman–Crippen LogP) is 0.985. The molecule has 0 aromatic carbocycles. The minimum absolute atomic E-state index is 0.341. The van der Waals surface area contributed by atoms with Gasteiger partial charge < -0.3 is 10.1 Å². The average Bonchev–Trinajstić information content (AvgIpc) is 2.71. The highest BCUT2D eigenvalue weighted by Crippen LogP contribution is 2.08. The number of hydrogen-bond donors (Lipinski definition) is 1. The van der Waals surface area contributed by atoms with Crippen molar-refractivity contribution in [3.05, 3.63) is 12.2 Å². The Hall–Kier alpha value is -0.940. The highest BCUT2D eigenvalue weighted by atomic mass is 16.5. The summed E-state index contributed by atoms with van der Waals surface area (Å²) in [7, 11) is 1.71. The summed E-state index contributed by atoms with van der Waals surface area (Å²) in [6.45, 7) is 6.61. The van der Waals surface area contributed by atoms with Crippen LogP contribution in [0, 0.1) is 0 Å². The fourth-order valence-corrected chi connectivity index (χ4v) is 1.26. The second kappa shape index (κ2) is 6.53. The molecule has 0 fully saturated rings. The van der Waals surface area contributed by atoms with E-state index in [4.69, 9.17) is 4.74 Å². The van der Waals surface area contributed by atoms with Crippen molar-refractivity contribution in [1.82, 2.24) is 20.1 Å². The van der Waals surface area contributed by atoms with Crippen LogP contribution in [0.1, 0.15) is 32.1 Å². The van der Waals surface area contributed by atoms with Crippen molar-refractivity contribution in [3.63, 3.8) is 0 Å². The lowest BCUT2D eigenvalue weighted by Gasteiger charge is -2.09. The second-order valence-electron chi connectivity index (χ2n) is 3.55. The zero-order valence-corrected chi connectivity index (χ0v) is 9.73. The maximum Gasteiger partial charge on any atom is 0.164 e. The van der Waals surface area contributed by atoms with Crippen LogP contribution in [0.15, 0.2) is 6.33 Å². The zero-order valence-electron chi connectivity index (χ0n) is 9.73. The van der Waals surface area contributed by atoms with E-state index < -0.39 is 0 Å². The van der Waals surface area contributed by atoms with Gasteiger partial charge in [-0.05, 0) is 19.9 Å². The minimum Gasteiger partial charge on any atom is -0.385 e. The number of nitrogens with one attached hydrogen (secondary N) is 1.